The molecular formula is C11H22N4. The summed E-state index contributed by atoms with van der Waals surface area (Å²) in [6.45, 7) is 6.16. The standard InChI is InChI=1S/C11H22N4/c1-3-5-10(2)8-15-9-11(13-14-15)6-4-7-12/h9-10H,3-8,12H2,1-2H3. The minimum absolute atomic E-state index is 0.680. The van der Waals surface area contributed by atoms with E-state index in [0.717, 1.165) is 31.6 Å². The number of aryl methyl sites for hydroxylation is 1. The van der Waals surface area contributed by atoms with E-state index < -0.39 is 0 Å². The van der Waals surface area contributed by atoms with Crippen LogP contribution in [-0.4, -0.2) is 21.5 Å². The zero-order chi connectivity index (χ0) is 11.1. The number of nitrogens with zero attached hydrogens (tertiary/aromatic N) is 3. The summed E-state index contributed by atoms with van der Waals surface area (Å²) < 4.78 is 1.95. The Kier molecular flexibility index (Phi) is 5.32. The Labute approximate surface area is 91.9 Å². The molecule has 4 nitrogen and oxygen atoms in total. The van der Waals surface area contributed by atoms with Gasteiger partial charge in [0.15, 0.2) is 0 Å². The van der Waals surface area contributed by atoms with E-state index >= 15 is 0 Å². The first-order valence-corrected chi connectivity index (χ1v) is 5.85. The van der Waals surface area contributed by atoms with Gasteiger partial charge >= 0.3 is 0 Å². The highest BCUT2D eigenvalue weighted by atomic mass is 15.4. The van der Waals surface area contributed by atoms with Crippen LogP contribution in [0.4, 0.5) is 0 Å². The van der Waals surface area contributed by atoms with E-state index in [1.807, 2.05) is 10.9 Å². The van der Waals surface area contributed by atoms with Gasteiger partial charge in [-0.1, -0.05) is 25.5 Å². The summed E-state index contributed by atoms with van der Waals surface area (Å²) in [5.74, 6) is 0.680. The molecule has 0 saturated heterocycles. The lowest BCUT2D eigenvalue weighted by Crippen LogP contribution is -2.07. The van der Waals surface area contributed by atoms with Crippen LogP contribution in [0.15, 0.2) is 6.20 Å². The van der Waals surface area contributed by atoms with Crippen LogP contribution in [0.3, 0.4) is 0 Å². The topological polar surface area (TPSA) is 56.7 Å². The lowest BCUT2D eigenvalue weighted by atomic mass is 10.1. The Morgan fingerprint density at radius 3 is 3.00 bits per heavy atom. The second kappa shape index (κ2) is 6.56. The maximum atomic E-state index is 5.45. The van der Waals surface area contributed by atoms with E-state index in [1.54, 1.807) is 0 Å². The highest BCUT2D eigenvalue weighted by Gasteiger charge is 2.04. The number of aromatic nitrogens is 3. The van der Waals surface area contributed by atoms with Crippen molar-refractivity contribution in [3.63, 3.8) is 0 Å². The molecule has 0 spiro atoms. The van der Waals surface area contributed by atoms with Gasteiger partial charge in [-0.05, 0) is 31.7 Å². The Bertz CT molecular complexity index is 269. The number of nitrogens with two attached hydrogens (primary N) is 1. The van der Waals surface area contributed by atoms with Crippen LogP contribution in [0, 0.1) is 5.92 Å². The van der Waals surface area contributed by atoms with Crippen LogP contribution in [0.25, 0.3) is 0 Å². The van der Waals surface area contributed by atoms with Crippen LogP contribution in [0.1, 0.15) is 38.8 Å². The fraction of sp³-hybridized carbons (Fsp3) is 0.818. The van der Waals surface area contributed by atoms with Crippen molar-refractivity contribution in [2.45, 2.75) is 46.1 Å². The van der Waals surface area contributed by atoms with E-state index in [-0.39, 0.29) is 0 Å². The summed E-state index contributed by atoms with van der Waals surface area (Å²) in [4.78, 5) is 0. The van der Waals surface area contributed by atoms with Crippen LogP contribution in [0.2, 0.25) is 0 Å². The fourth-order valence-corrected chi connectivity index (χ4v) is 1.73. The third-order valence-corrected chi connectivity index (χ3v) is 2.50. The predicted octanol–water partition coefficient (Wildman–Crippen LogP) is 1.61. The van der Waals surface area contributed by atoms with Crippen LogP contribution in [-0.2, 0) is 13.0 Å². The molecule has 4 heteroatoms. The van der Waals surface area contributed by atoms with Crippen molar-refractivity contribution in [1.82, 2.24) is 15.0 Å². The predicted molar refractivity (Wildman–Crippen MR) is 61.5 cm³/mol. The SMILES string of the molecule is CCCC(C)Cn1cc(CCCN)nn1. The van der Waals surface area contributed by atoms with Crippen LogP contribution < -0.4 is 5.73 Å². The van der Waals surface area contributed by atoms with Crippen molar-refractivity contribution in [2.75, 3.05) is 6.54 Å². The first kappa shape index (κ1) is 12.2. The maximum absolute atomic E-state index is 5.45. The molecule has 1 unspecified atom stereocenters. The Morgan fingerprint density at radius 2 is 2.33 bits per heavy atom. The van der Waals surface area contributed by atoms with Crippen molar-refractivity contribution < 1.29 is 0 Å². The normalized spacial score (nSPS) is 13.0. The monoisotopic (exact) mass is 210 g/mol. The average molecular weight is 210 g/mol. The van der Waals surface area contributed by atoms with Gasteiger partial charge in [-0.25, -0.2) is 0 Å². The largest absolute Gasteiger partial charge is 0.330 e. The second-order valence-electron chi connectivity index (χ2n) is 4.22. The number of hydrogen-bond donors (Lipinski definition) is 1. The van der Waals surface area contributed by atoms with E-state index in [4.69, 9.17) is 5.73 Å². The highest BCUT2D eigenvalue weighted by Crippen LogP contribution is 2.08. The van der Waals surface area contributed by atoms with Crippen molar-refractivity contribution >= 4 is 0 Å². The van der Waals surface area contributed by atoms with Gasteiger partial charge in [0, 0.05) is 12.7 Å². The molecular weight excluding hydrogens is 188 g/mol. The quantitative estimate of drug-likeness (QED) is 0.743. The molecule has 1 aromatic heterocycles. The minimum Gasteiger partial charge on any atom is -0.330 e. The van der Waals surface area contributed by atoms with Gasteiger partial charge in [0.2, 0.25) is 0 Å². The fourth-order valence-electron chi connectivity index (χ4n) is 1.73. The van der Waals surface area contributed by atoms with E-state index in [9.17, 15) is 0 Å². The lowest BCUT2D eigenvalue weighted by molar-refractivity contribution is 0.414. The summed E-state index contributed by atoms with van der Waals surface area (Å²) in [7, 11) is 0. The van der Waals surface area contributed by atoms with E-state index in [2.05, 4.69) is 24.2 Å². The zero-order valence-corrected chi connectivity index (χ0v) is 9.82. The average Bonchev–Trinajstić information content (AvgIpc) is 2.63. The summed E-state index contributed by atoms with van der Waals surface area (Å²) in [5.41, 5.74) is 6.51. The first-order chi connectivity index (χ1) is 7.26. The third-order valence-electron chi connectivity index (χ3n) is 2.50. The van der Waals surface area contributed by atoms with Crippen LogP contribution >= 0.6 is 0 Å². The molecule has 0 aliphatic carbocycles. The van der Waals surface area contributed by atoms with Gasteiger partial charge in [0.1, 0.15) is 0 Å². The molecule has 0 bridgehead atoms. The molecule has 0 aliphatic heterocycles. The Hall–Kier alpha value is -0.900. The van der Waals surface area contributed by atoms with E-state index in [0.29, 0.717) is 5.92 Å². The number of hydrogen-bond acceptors (Lipinski definition) is 3. The van der Waals surface area contributed by atoms with Gasteiger partial charge in [0.05, 0.1) is 5.69 Å². The number of rotatable bonds is 7. The third kappa shape index (κ3) is 4.42. The zero-order valence-electron chi connectivity index (χ0n) is 9.82. The molecule has 1 heterocycles. The Morgan fingerprint density at radius 1 is 1.53 bits per heavy atom. The molecule has 1 aromatic rings. The van der Waals surface area contributed by atoms with Gasteiger partial charge in [-0.15, -0.1) is 5.10 Å². The summed E-state index contributed by atoms with van der Waals surface area (Å²) in [5, 5.41) is 8.24. The Balaban J connectivity index is 2.38. The maximum Gasteiger partial charge on any atom is 0.0827 e. The summed E-state index contributed by atoms with van der Waals surface area (Å²) in [6.07, 6.45) is 6.46. The van der Waals surface area contributed by atoms with Crippen molar-refractivity contribution in [2.24, 2.45) is 11.7 Å². The van der Waals surface area contributed by atoms with Crippen molar-refractivity contribution in [3.8, 4) is 0 Å². The molecule has 1 rings (SSSR count). The van der Waals surface area contributed by atoms with Gasteiger partial charge in [0.25, 0.3) is 0 Å². The minimum atomic E-state index is 0.680. The highest BCUT2D eigenvalue weighted by molar-refractivity contribution is 4.92. The lowest BCUT2D eigenvalue weighted by Gasteiger charge is -2.08. The molecule has 0 amide bonds. The molecule has 0 fully saturated rings. The van der Waals surface area contributed by atoms with Crippen molar-refractivity contribution in [3.05, 3.63) is 11.9 Å². The molecule has 15 heavy (non-hydrogen) atoms. The van der Waals surface area contributed by atoms with Crippen LogP contribution in [0.5, 0.6) is 0 Å². The smallest absolute Gasteiger partial charge is 0.0827 e. The van der Waals surface area contributed by atoms with Gasteiger partial charge in [-0.3, -0.25) is 4.68 Å². The molecule has 2 N–H and O–H groups in total. The van der Waals surface area contributed by atoms with Crippen molar-refractivity contribution in [1.29, 1.82) is 0 Å². The molecule has 0 saturated carbocycles. The second-order valence-corrected chi connectivity index (χ2v) is 4.22. The van der Waals surface area contributed by atoms with Gasteiger partial charge < -0.3 is 5.73 Å². The molecule has 86 valence electrons. The first-order valence-electron chi connectivity index (χ1n) is 5.85. The molecule has 0 radical (unpaired) electrons. The summed E-state index contributed by atoms with van der Waals surface area (Å²) >= 11 is 0. The van der Waals surface area contributed by atoms with Gasteiger partial charge in [-0.2, -0.15) is 0 Å². The summed E-state index contributed by atoms with van der Waals surface area (Å²) in [6, 6.07) is 0. The molecule has 0 aliphatic rings. The molecule has 1 atom stereocenters. The molecule has 0 aromatic carbocycles. The van der Waals surface area contributed by atoms with E-state index in [1.165, 1.54) is 12.8 Å².